The predicted molar refractivity (Wildman–Crippen MR) is 172 cm³/mol. The number of aliphatic hydroxyl groups excluding tert-OH is 2. The maximum Gasteiger partial charge on any atom is 0.328 e. The van der Waals surface area contributed by atoms with Gasteiger partial charge in [0.2, 0.25) is 0 Å². The smallest absolute Gasteiger partial charge is 0.328 e. The molecule has 5 rings (SSSR count). The van der Waals surface area contributed by atoms with Gasteiger partial charge in [0.15, 0.2) is 0 Å². The topological polar surface area (TPSA) is 116 Å². The number of thiophene rings is 1. The van der Waals surface area contributed by atoms with Crippen LogP contribution in [0.5, 0.6) is 0 Å². The highest BCUT2D eigenvalue weighted by Gasteiger charge is 2.64. The van der Waals surface area contributed by atoms with Crippen LogP contribution in [0.1, 0.15) is 111 Å². The number of fused-ring (bicyclic) bond motifs is 5. The second-order valence-corrected chi connectivity index (χ2v) is 19.1. The number of carbonyl (C=O) groups is 1. The Morgan fingerprint density at radius 3 is 2.37 bits per heavy atom. The molecule has 1 heterocycles. The standard InChI is InChI=1S/C34H56N2O5S2/c1-8-22-26-19-21(37)13-16-34(26,7)25-14-17-33(6)23(9-10-24(33)29(25)30(22)38)20(2)15-18-35-31(39)36-43(40,41)28-12-11-27(42-28)32(3,4)5/h11-12,20-26,29-30,37-38H,8-10,13-19H2,1-7H3,(H2,35,36,39)/t20-,21-,22-,23-,24+,25+,26+,29?,30-,33-,34-/m1/s1. The SMILES string of the molecule is CC[C@H]1[C@@H](O)C2[C@@H]3CC[C@H]([C@H](C)CCNC(=O)NS(=O)(=O)c4ccc(C(C)(C)C)s4)[C@@]3(C)CC[C@@H]2[C@@]2(C)CC[C@@H](O)C[C@@H]12. The van der Waals surface area contributed by atoms with E-state index in [1.807, 2.05) is 26.8 Å². The third-order valence-corrected chi connectivity index (χ3v) is 16.2. The summed E-state index contributed by atoms with van der Waals surface area (Å²) in [5.41, 5.74) is 0.204. The molecule has 1 aromatic heterocycles. The molecule has 11 atom stereocenters. The molecule has 4 fully saturated rings. The fourth-order valence-electron chi connectivity index (χ4n) is 10.6. The van der Waals surface area contributed by atoms with Gasteiger partial charge in [-0.2, -0.15) is 0 Å². The van der Waals surface area contributed by atoms with Crippen LogP contribution in [0.2, 0.25) is 0 Å². The van der Waals surface area contributed by atoms with Gasteiger partial charge in [0.1, 0.15) is 4.21 Å². The van der Waals surface area contributed by atoms with Crippen LogP contribution in [-0.4, -0.2) is 43.4 Å². The van der Waals surface area contributed by atoms with Crippen molar-refractivity contribution in [1.29, 1.82) is 0 Å². The van der Waals surface area contributed by atoms with Crippen LogP contribution in [0.4, 0.5) is 4.79 Å². The Labute approximate surface area is 264 Å². The van der Waals surface area contributed by atoms with Crippen molar-refractivity contribution in [3.8, 4) is 0 Å². The van der Waals surface area contributed by atoms with E-state index in [4.69, 9.17) is 0 Å². The number of amides is 2. The van der Waals surface area contributed by atoms with Crippen LogP contribution in [0.15, 0.2) is 16.3 Å². The summed E-state index contributed by atoms with van der Waals surface area (Å²) in [7, 11) is -3.91. The molecule has 0 saturated heterocycles. The minimum absolute atomic E-state index is 0.154. The second-order valence-electron chi connectivity index (χ2n) is 16.1. The molecule has 4 aliphatic rings. The number of hydrogen-bond acceptors (Lipinski definition) is 6. The minimum atomic E-state index is -3.91. The molecule has 9 heteroatoms. The lowest BCUT2D eigenvalue weighted by Gasteiger charge is -2.64. The molecule has 2 amide bonds. The summed E-state index contributed by atoms with van der Waals surface area (Å²) >= 11 is 1.20. The quantitative estimate of drug-likeness (QED) is 0.266. The highest BCUT2D eigenvalue weighted by molar-refractivity contribution is 7.92. The second kappa shape index (κ2) is 11.9. The van der Waals surface area contributed by atoms with E-state index in [1.165, 1.54) is 17.8 Å². The van der Waals surface area contributed by atoms with Gasteiger partial charge in [0.25, 0.3) is 10.0 Å². The number of hydrogen-bond donors (Lipinski definition) is 4. The van der Waals surface area contributed by atoms with Crippen molar-refractivity contribution in [3.05, 3.63) is 17.0 Å². The van der Waals surface area contributed by atoms with Crippen LogP contribution < -0.4 is 10.0 Å². The van der Waals surface area contributed by atoms with Gasteiger partial charge in [-0.25, -0.2) is 17.9 Å². The number of sulfonamides is 1. The summed E-state index contributed by atoms with van der Waals surface area (Å²) in [5.74, 6) is 2.89. The zero-order valence-electron chi connectivity index (χ0n) is 27.4. The Hall–Kier alpha value is -1.16. The number of urea groups is 1. The summed E-state index contributed by atoms with van der Waals surface area (Å²) in [5, 5.41) is 25.3. The summed E-state index contributed by atoms with van der Waals surface area (Å²) in [6.07, 6.45) is 8.63. The van der Waals surface area contributed by atoms with Crippen LogP contribution in [0, 0.1) is 52.3 Å². The Bertz CT molecular complexity index is 1270. The van der Waals surface area contributed by atoms with Gasteiger partial charge in [-0.1, -0.05) is 54.9 Å². The van der Waals surface area contributed by atoms with Gasteiger partial charge >= 0.3 is 6.03 Å². The maximum atomic E-state index is 12.8. The van der Waals surface area contributed by atoms with E-state index in [0.29, 0.717) is 42.1 Å². The molecule has 4 aliphatic carbocycles. The fourth-order valence-corrected chi connectivity index (χ4v) is 12.9. The van der Waals surface area contributed by atoms with Crippen molar-refractivity contribution in [2.24, 2.45) is 52.3 Å². The monoisotopic (exact) mass is 636 g/mol. The molecule has 7 nitrogen and oxygen atoms in total. The number of carbonyl (C=O) groups excluding carboxylic acids is 1. The normalized spacial score (nSPS) is 40.2. The Kier molecular flexibility index (Phi) is 9.18. The van der Waals surface area contributed by atoms with Crippen LogP contribution in [0.25, 0.3) is 0 Å². The van der Waals surface area contributed by atoms with E-state index in [-0.39, 0.29) is 38.6 Å². The molecule has 1 aromatic rings. The first-order valence-corrected chi connectivity index (χ1v) is 19.1. The van der Waals surface area contributed by atoms with E-state index in [2.05, 4.69) is 37.7 Å². The van der Waals surface area contributed by atoms with Crippen LogP contribution in [-0.2, 0) is 15.4 Å². The lowest BCUT2D eigenvalue weighted by atomic mass is 9.41. The first-order chi connectivity index (χ1) is 20.0. The molecule has 4 saturated carbocycles. The molecule has 4 N–H and O–H groups in total. The average molecular weight is 637 g/mol. The van der Waals surface area contributed by atoms with E-state index in [1.54, 1.807) is 6.07 Å². The number of nitrogens with one attached hydrogen (secondary N) is 2. The summed E-state index contributed by atoms with van der Waals surface area (Å²) in [4.78, 5) is 13.6. The Morgan fingerprint density at radius 2 is 1.72 bits per heavy atom. The molecule has 0 aliphatic heterocycles. The molecule has 0 bridgehead atoms. The highest BCUT2D eigenvalue weighted by Crippen LogP contribution is 2.69. The number of rotatable bonds is 7. The molecular formula is C34H56N2O5S2. The van der Waals surface area contributed by atoms with Crippen molar-refractivity contribution in [1.82, 2.24) is 10.0 Å². The Morgan fingerprint density at radius 1 is 1.05 bits per heavy atom. The van der Waals surface area contributed by atoms with Crippen molar-refractivity contribution in [3.63, 3.8) is 0 Å². The first kappa shape index (κ1) is 33.2. The summed E-state index contributed by atoms with van der Waals surface area (Å²) < 4.78 is 28.0. The maximum absolute atomic E-state index is 12.8. The van der Waals surface area contributed by atoms with Crippen molar-refractivity contribution < 1.29 is 23.4 Å². The molecular weight excluding hydrogens is 581 g/mol. The van der Waals surface area contributed by atoms with Gasteiger partial charge < -0.3 is 15.5 Å². The zero-order chi connectivity index (χ0) is 31.5. The largest absolute Gasteiger partial charge is 0.393 e. The zero-order valence-corrected chi connectivity index (χ0v) is 29.0. The molecule has 244 valence electrons. The molecule has 0 aromatic carbocycles. The summed E-state index contributed by atoms with van der Waals surface area (Å²) in [6, 6.07) is 2.71. The third-order valence-electron chi connectivity index (χ3n) is 12.8. The minimum Gasteiger partial charge on any atom is -0.393 e. The molecule has 43 heavy (non-hydrogen) atoms. The first-order valence-electron chi connectivity index (χ1n) is 16.8. The molecule has 1 unspecified atom stereocenters. The predicted octanol–water partition coefficient (Wildman–Crippen LogP) is 6.69. The van der Waals surface area contributed by atoms with Gasteiger partial charge in [-0.05, 0) is 121 Å². The van der Waals surface area contributed by atoms with Crippen LogP contribution >= 0.6 is 11.3 Å². The summed E-state index contributed by atoms with van der Waals surface area (Å²) in [6.45, 7) is 16.0. The van der Waals surface area contributed by atoms with Crippen molar-refractivity contribution >= 4 is 27.4 Å². The highest BCUT2D eigenvalue weighted by atomic mass is 32.2. The van der Waals surface area contributed by atoms with Gasteiger partial charge in [-0.15, -0.1) is 11.3 Å². The third kappa shape index (κ3) is 5.94. The van der Waals surface area contributed by atoms with Gasteiger partial charge in [0, 0.05) is 11.4 Å². The average Bonchev–Trinajstić information content (AvgIpc) is 3.56. The van der Waals surface area contributed by atoms with Crippen LogP contribution in [0.3, 0.4) is 0 Å². The van der Waals surface area contributed by atoms with Gasteiger partial charge in [-0.3, -0.25) is 0 Å². The van der Waals surface area contributed by atoms with E-state index < -0.39 is 16.1 Å². The van der Waals surface area contributed by atoms with Gasteiger partial charge in [0.05, 0.1) is 12.2 Å². The lowest BCUT2D eigenvalue weighted by molar-refractivity contribution is -0.203. The van der Waals surface area contributed by atoms with Crippen molar-refractivity contribution in [2.45, 2.75) is 128 Å². The molecule has 0 radical (unpaired) electrons. The lowest BCUT2D eigenvalue weighted by Crippen LogP contribution is -2.62. The van der Waals surface area contributed by atoms with E-state index >= 15 is 0 Å². The van der Waals surface area contributed by atoms with Crippen molar-refractivity contribution in [2.75, 3.05) is 6.54 Å². The molecule has 0 spiro atoms. The number of aliphatic hydroxyl groups is 2. The van der Waals surface area contributed by atoms with E-state index in [0.717, 1.165) is 56.2 Å². The Balaban J connectivity index is 1.20. The fraction of sp³-hybridized carbons (Fsp3) is 0.853. The van der Waals surface area contributed by atoms with E-state index in [9.17, 15) is 23.4 Å².